The molecule has 8 aromatic rings. The van der Waals surface area contributed by atoms with Crippen LogP contribution in [0.25, 0.3) is 27.8 Å². The Hall–Kier alpha value is -7.02. The quantitative estimate of drug-likeness (QED) is 0.0224. The van der Waals surface area contributed by atoms with Crippen LogP contribution in [0.2, 0.25) is 5.28 Å². The highest BCUT2D eigenvalue weighted by atomic mass is 35.5. The molecule has 25 nitrogen and oxygen atoms in total. The van der Waals surface area contributed by atoms with Crippen molar-refractivity contribution in [2.75, 3.05) is 34.5 Å². The predicted molar refractivity (Wildman–Crippen MR) is 272 cm³/mol. The Bertz CT molecular complexity index is 3800. The van der Waals surface area contributed by atoms with E-state index in [0.29, 0.717) is 39.9 Å². The molecule has 0 radical (unpaired) electrons. The van der Waals surface area contributed by atoms with E-state index < -0.39 is 52.6 Å². The van der Waals surface area contributed by atoms with Gasteiger partial charge in [0.15, 0.2) is 0 Å². The summed E-state index contributed by atoms with van der Waals surface area (Å²) in [5.74, 6) is -0.573. The van der Waals surface area contributed by atoms with Crippen LogP contribution in [0.4, 0.5) is 40.3 Å². The summed E-state index contributed by atoms with van der Waals surface area (Å²) in [6.07, 6.45) is 0. The Balaban J connectivity index is 0.00000329. The van der Waals surface area contributed by atoms with Gasteiger partial charge in [0.2, 0.25) is 33.9 Å². The molecule has 8 rings (SSSR count). The number of methoxy groups -OCH3 is 1. The number of fused-ring (bicyclic) bond motifs is 2. The maximum atomic E-state index is 12.8. The Kier molecular flexibility index (Phi) is 17.1. The number of benzene rings is 6. The first-order valence-corrected chi connectivity index (χ1v) is 26.4. The van der Waals surface area contributed by atoms with Crippen LogP contribution in [0.15, 0.2) is 136 Å². The first kappa shape index (κ1) is 56.9. The minimum atomic E-state index is -5.21. The highest BCUT2D eigenvalue weighted by molar-refractivity contribution is 7.86. The topological polar surface area (TPSA) is 443 Å². The Morgan fingerprint density at radius 3 is 1.88 bits per heavy atom. The molecule has 6 aromatic carbocycles. The summed E-state index contributed by atoms with van der Waals surface area (Å²) in [5, 5.41) is 7.91. The average molecular weight is 1100 g/mol. The lowest BCUT2D eigenvalue weighted by Crippen LogP contribution is -2.34. The van der Waals surface area contributed by atoms with Crippen LogP contribution in [0.1, 0.15) is 12.5 Å². The molecule has 0 atom stereocenters. The summed E-state index contributed by atoms with van der Waals surface area (Å²) in [4.78, 5) is 36.3. The molecule has 0 spiro atoms. The second kappa shape index (κ2) is 22.0. The third kappa shape index (κ3) is 13.0. The molecule has 0 fully saturated rings. The first-order valence-electron chi connectivity index (χ1n) is 20.2. The number of halogens is 1. The fraction of sp³-hybridized carbons (Fsp3) is 0.0930. The van der Waals surface area contributed by atoms with Crippen molar-refractivity contribution in [2.45, 2.75) is 28.2 Å². The molecule has 0 aliphatic rings. The molecule has 0 saturated heterocycles. The molecular formula is C43H47ClN12O13PS3+. The molecule has 0 bridgehead atoms. The summed E-state index contributed by atoms with van der Waals surface area (Å²) in [5.41, 5.74) is 3.02. The number of anilines is 7. The fourth-order valence-electron chi connectivity index (χ4n) is 7.35. The van der Waals surface area contributed by atoms with E-state index >= 15 is 0 Å². The standard InChI is InChI=1S/C43H37ClN9O13PS3.3H3N/c1-3-52(24-25-6-4-9-32(18-25)68(57,58)59)29-12-16-34-37(22-29)53(30-13-17-38(66-2)40(23-30)70(63,64)65)36-20-27(10-14-33(36)48-34)45-35-15-11-28(21-39(35)69(60,61)62)47-43-50-41(44)49-42(51-43)46-26-7-5-8-31(19-26)67(54,55)56;;;/h4-23H,3,24H2,1-2H3,(H7,46,47,48,49,50,51,54,55,56,57,58,59,60,61,62,63,64,65);3*1H3/p+1. The predicted octanol–water partition coefficient (Wildman–Crippen LogP) is 6.41. The number of aromatic nitrogens is 5. The van der Waals surface area contributed by atoms with Gasteiger partial charge in [0.25, 0.3) is 0 Å². The highest BCUT2D eigenvalue weighted by Crippen LogP contribution is 2.35. The molecule has 73 heavy (non-hydrogen) atoms. The zero-order valence-corrected chi connectivity index (χ0v) is 43.2. The van der Waals surface area contributed by atoms with Crippen molar-refractivity contribution >= 4 is 117 Å². The Labute approximate surface area is 422 Å². The van der Waals surface area contributed by atoms with Gasteiger partial charge < -0.3 is 67.5 Å². The summed E-state index contributed by atoms with van der Waals surface area (Å²) < 4.78 is 130. The van der Waals surface area contributed by atoms with Crippen LogP contribution in [-0.2, 0) is 41.5 Å². The molecule has 0 saturated carbocycles. The van der Waals surface area contributed by atoms with Crippen LogP contribution < -0.4 is 53.9 Å². The maximum absolute atomic E-state index is 12.8. The number of rotatable bonds is 16. The van der Waals surface area contributed by atoms with Crippen LogP contribution in [0.3, 0.4) is 0 Å². The van der Waals surface area contributed by atoms with Crippen LogP contribution in [0.5, 0.6) is 5.75 Å². The molecular weight excluding hydrogens is 1060 g/mol. The van der Waals surface area contributed by atoms with E-state index in [1.165, 1.54) is 73.8 Å². The molecule has 2 heterocycles. The number of nitrogens with zero attached hydrogens (tertiary/aromatic N) is 6. The molecule has 0 aliphatic heterocycles. The van der Waals surface area contributed by atoms with Gasteiger partial charge >= 0.3 is 7.60 Å². The van der Waals surface area contributed by atoms with Crippen molar-refractivity contribution in [1.29, 1.82) is 0 Å². The van der Waals surface area contributed by atoms with Gasteiger partial charge in [0.05, 0.1) is 27.9 Å². The van der Waals surface area contributed by atoms with Gasteiger partial charge in [-0.15, -0.1) is 4.57 Å². The van der Waals surface area contributed by atoms with E-state index in [4.69, 9.17) is 21.3 Å². The largest absolute Gasteiger partial charge is 0.744 e. The molecule has 30 heteroatoms. The van der Waals surface area contributed by atoms with Crippen molar-refractivity contribution in [1.82, 2.24) is 38.4 Å². The zero-order chi connectivity index (χ0) is 50.3. The molecule has 2 aromatic heterocycles. The lowest BCUT2D eigenvalue weighted by atomic mass is 10.1. The van der Waals surface area contributed by atoms with E-state index in [-0.39, 0.29) is 81.7 Å². The van der Waals surface area contributed by atoms with Crippen LogP contribution in [-0.4, -0.2) is 82.3 Å². The van der Waals surface area contributed by atoms with E-state index in [1.54, 1.807) is 47.0 Å². The number of quaternary nitrogens is 3. The molecule has 0 amide bonds. The molecule has 0 aliphatic carbocycles. The monoisotopic (exact) mass is 1100 g/mol. The second-order valence-electron chi connectivity index (χ2n) is 15.1. The van der Waals surface area contributed by atoms with Crippen LogP contribution in [0, 0.1) is 0 Å². The summed E-state index contributed by atoms with van der Waals surface area (Å²) >= 11 is 6.14. The van der Waals surface area contributed by atoms with Crippen LogP contribution >= 0.6 is 19.2 Å². The normalized spacial score (nSPS) is 11.7. The molecule has 0 unspecified atom stereocenters. The van der Waals surface area contributed by atoms with E-state index in [2.05, 4.69) is 30.9 Å². The first-order chi connectivity index (χ1) is 33.0. The van der Waals surface area contributed by atoms with Gasteiger partial charge in [0.1, 0.15) is 52.0 Å². The average Bonchev–Trinajstić information content (AvgIpc) is 3.29. The van der Waals surface area contributed by atoms with Crippen molar-refractivity contribution in [3.63, 3.8) is 0 Å². The van der Waals surface area contributed by atoms with Gasteiger partial charge in [-0.3, -0.25) is 4.57 Å². The van der Waals surface area contributed by atoms with E-state index in [1.807, 2.05) is 11.8 Å². The summed E-state index contributed by atoms with van der Waals surface area (Å²) in [6.45, 7) is 2.42. The van der Waals surface area contributed by atoms with Crippen molar-refractivity contribution in [3.05, 3.63) is 132 Å². The van der Waals surface area contributed by atoms with Crippen molar-refractivity contribution < 1.29 is 62.6 Å². The van der Waals surface area contributed by atoms with Gasteiger partial charge in [0, 0.05) is 60.1 Å². The van der Waals surface area contributed by atoms with Crippen molar-refractivity contribution in [2.24, 2.45) is 0 Å². The highest BCUT2D eigenvalue weighted by Gasteiger charge is 2.25. The lowest BCUT2D eigenvalue weighted by molar-refractivity contribution is -0.538. The van der Waals surface area contributed by atoms with Gasteiger partial charge in [-0.25, -0.2) is 30.2 Å². The number of ether oxygens (including phenoxy) is 1. The fourth-order valence-corrected chi connectivity index (χ4v) is 9.96. The van der Waals surface area contributed by atoms with Gasteiger partial charge in [-0.05, 0) is 103 Å². The maximum Gasteiger partial charge on any atom is 0.356 e. The Morgan fingerprint density at radius 2 is 1.26 bits per heavy atom. The minimum Gasteiger partial charge on any atom is -0.744 e. The minimum absolute atomic E-state index is 0. The van der Waals surface area contributed by atoms with E-state index in [9.17, 15) is 53.3 Å². The number of nitrogens with one attached hydrogen (secondary N) is 3. The third-order valence-electron chi connectivity index (χ3n) is 10.5. The zero-order valence-electron chi connectivity index (χ0n) is 39.1. The SMILES string of the molecule is CCN(Cc1cccc(S(=O)(=O)[O-])c1)c1ccc2nc3ccc(Nc4ccc(Nc5nc(Cl)nc(Nc6cccc(P(=O)(O)O)c6)n5)cc4S(=O)(=O)[O-])cc3[n+](-c3ccc(OC)c(S(=O)(=O)[O-])c3)c2c1.[NH4+].[NH4+].[NH4+]. The summed E-state index contributed by atoms with van der Waals surface area (Å²) in [7, 11) is -18.4. The number of hydrogen-bond donors (Lipinski definition) is 8. The lowest BCUT2D eigenvalue weighted by Gasteiger charge is -2.24. The summed E-state index contributed by atoms with van der Waals surface area (Å²) in [6, 6.07) is 28.5. The smallest absolute Gasteiger partial charge is 0.356 e. The van der Waals surface area contributed by atoms with Gasteiger partial charge in [-0.1, -0.05) is 18.2 Å². The van der Waals surface area contributed by atoms with Crippen molar-refractivity contribution in [3.8, 4) is 11.4 Å². The Morgan fingerprint density at radius 1 is 0.658 bits per heavy atom. The second-order valence-corrected chi connectivity index (χ2v) is 21.1. The molecule has 386 valence electrons. The van der Waals surface area contributed by atoms with E-state index in [0.717, 1.165) is 12.1 Å². The third-order valence-corrected chi connectivity index (χ3v) is 14.2. The molecule has 17 N–H and O–H groups in total. The number of hydrogen-bond acceptors (Lipinski definition) is 19. The van der Waals surface area contributed by atoms with Gasteiger partial charge in [-0.2, -0.15) is 15.0 Å².